The van der Waals surface area contributed by atoms with Crippen molar-refractivity contribution in [1.29, 1.82) is 0 Å². The lowest BCUT2D eigenvalue weighted by Crippen LogP contribution is -2.50. The minimum Gasteiger partial charge on any atom is -0.508 e. The molecule has 3 amide bonds. The normalized spacial score (nSPS) is 11.3. The molecule has 0 bridgehead atoms. The van der Waals surface area contributed by atoms with Crippen LogP contribution in [0.3, 0.4) is 0 Å². The Morgan fingerprint density at radius 3 is 2.41 bits per heavy atom. The minimum atomic E-state index is -1.27. The number of esters is 1. The third kappa shape index (κ3) is 9.28. The van der Waals surface area contributed by atoms with Crippen molar-refractivity contribution < 1.29 is 29.0 Å². The van der Waals surface area contributed by atoms with Crippen molar-refractivity contribution in [3.8, 4) is 5.75 Å². The molecular weight excluding hydrogens is 548 g/mol. The Morgan fingerprint density at radius 1 is 1.05 bits per heavy atom. The molecule has 0 aliphatic heterocycles. The van der Waals surface area contributed by atoms with Gasteiger partial charge in [0, 0.05) is 27.2 Å². The van der Waals surface area contributed by atoms with E-state index in [9.17, 15) is 24.3 Å². The van der Waals surface area contributed by atoms with Gasteiger partial charge >= 0.3 is 5.97 Å². The number of aromatic nitrogens is 2. The first-order valence-electron chi connectivity index (χ1n) is 12.9. The molecule has 0 radical (unpaired) electrons. The topological polar surface area (TPSA) is 163 Å². The molecular formula is C28H34N6O6S. The van der Waals surface area contributed by atoms with Crippen molar-refractivity contribution >= 4 is 41.0 Å². The molecule has 1 aromatic carbocycles. The van der Waals surface area contributed by atoms with Crippen molar-refractivity contribution in [2.45, 2.75) is 32.7 Å². The molecule has 0 spiro atoms. The maximum Gasteiger partial charge on any atom is 0.331 e. The van der Waals surface area contributed by atoms with E-state index in [2.05, 4.69) is 25.9 Å². The average molecular weight is 583 g/mol. The highest BCUT2D eigenvalue weighted by Crippen LogP contribution is 2.15. The van der Waals surface area contributed by atoms with Crippen LogP contribution >= 0.6 is 11.3 Å². The summed E-state index contributed by atoms with van der Waals surface area (Å²) in [5.74, 6) is -1.76. The monoisotopic (exact) mass is 582 g/mol. The quantitative estimate of drug-likeness (QED) is 0.175. The van der Waals surface area contributed by atoms with E-state index in [1.54, 1.807) is 49.6 Å². The van der Waals surface area contributed by atoms with E-state index >= 15 is 0 Å². The first kappa shape index (κ1) is 31.0. The number of phenols is 1. The molecule has 0 aliphatic rings. The van der Waals surface area contributed by atoms with Crippen LogP contribution in [0.5, 0.6) is 5.75 Å². The molecule has 0 aliphatic carbocycles. The molecule has 0 saturated heterocycles. The number of hydrogen-bond acceptors (Lipinski definition) is 10. The van der Waals surface area contributed by atoms with Gasteiger partial charge in [0.05, 0.1) is 21.8 Å². The second kappa shape index (κ2) is 14.7. The molecule has 3 aromatic rings. The highest BCUT2D eigenvalue weighted by molar-refractivity contribution is 7.12. The van der Waals surface area contributed by atoms with Gasteiger partial charge in [-0.3, -0.25) is 14.4 Å². The number of hydrogen-bond donors (Lipinski definition) is 4. The van der Waals surface area contributed by atoms with Gasteiger partial charge < -0.3 is 30.7 Å². The third-order valence-electron chi connectivity index (χ3n) is 5.97. The summed E-state index contributed by atoms with van der Waals surface area (Å²) in [6, 6.07) is 9.16. The van der Waals surface area contributed by atoms with E-state index in [4.69, 9.17) is 4.74 Å². The predicted octanol–water partition coefficient (Wildman–Crippen LogP) is 2.07. The van der Waals surface area contributed by atoms with Crippen LogP contribution in [0.25, 0.3) is 0 Å². The van der Waals surface area contributed by atoms with Gasteiger partial charge in [-0.1, -0.05) is 18.2 Å². The Kier molecular flexibility index (Phi) is 11.2. The van der Waals surface area contributed by atoms with E-state index < -0.39 is 36.3 Å². The number of thiophene rings is 1. The molecule has 0 unspecified atom stereocenters. The molecule has 0 fully saturated rings. The summed E-state index contributed by atoms with van der Waals surface area (Å²) in [6.07, 6.45) is 1.52. The van der Waals surface area contributed by atoms with Crippen molar-refractivity contribution in [3.63, 3.8) is 0 Å². The number of nitrogens with one attached hydrogen (secondary N) is 3. The van der Waals surface area contributed by atoms with E-state index in [0.717, 1.165) is 18.4 Å². The van der Waals surface area contributed by atoms with Crippen LogP contribution < -0.4 is 16.0 Å². The Hall–Kier alpha value is -4.52. The maximum atomic E-state index is 13.3. The third-order valence-corrected chi connectivity index (χ3v) is 6.84. The molecule has 13 heteroatoms. The Balaban J connectivity index is 1.65. The summed E-state index contributed by atoms with van der Waals surface area (Å²) >= 11 is 1.23. The van der Waals surface area contributed by atoms with Crippen LogP contribution in [0.15, 0.2) is 41.8 Å². The fourth-order valence-electron chi connectivity index (χ4n) is 3.80. The van der Waals surface area contributed by atoms with Crippen molar-refractivity contribution in [2.75, 3.05) is 39.1 Å². The number of ether oxygens (including phenoxy) is 1. The average Bonchev–Trinajstić information content (AvgIpc) is 3.46. The van der Waals surface area contributed by atoms with Crippen molar-refractivity contribution in [3.05, 3.63) is 69.2 Å². The first-order chi connectivity index (χ1) is 19.5. The van der Waals surface area contributed by atoms with Crippen LogP contribution in [0, 0.1) is 13.8 Å². The Bertz CT molecular complexity index is 1360. The number of anilines is 1. The highest BCUT2D eigenvalue weighted by Gasteiger charge is 2.27. The van der Waals surface area contributed by atoms with E-state index in [1.807, 2.05) is 6.07 Å². The standard InChI is InChI=1S/C28H34N6O6S/c1-17-24(18(2)32-28(31-17)29-12-6-9-19-8-5-10-20(35)14-19)26(38)33-21(27(39)40-16-23(36)34(3)4)15-30-25(37)22-11-7-13-41-22/h5,7-8,10-11,13-14,21,35H,6,9,12,15-16H2,1-4H3,(H,30,37)(H,33,38)(H,29,31,32)/t21-/m0/s1. The Labute approximate surface area is 242 Å². The second-order valence-corrected chi connectivity index (χ2v) is 10.4. The zero-order chi connectivity index (χ0) is 29.9. The van der Waals surface area contributed by atoms with Crippen LogP contribution in [0.4, 0.5) is 5.95 Å². The fraction of sp³-hybridized carbons (Fsp3) is 0.357. The number of aryl methyl sites for hydroxylation is 3. The van der Waals surface area contributed by atoms with Crippen LogP contribution in [0.1, 0.15) is 43.4 Å². The van der Waals surface area contributed by atoms with Crippen molar-refractivity contribution in [1.82, 2.24) is 25.5 Å². The van der Waals surface area contributed by atoms with Crippen LogP contribution in [-0.2, 0) is 20.7 Å². The molecule has 4 N–H and O–H groups in total. The molecule has 3 rings (SSSR count). The molecule has 2 aromatic heterocycles. The molecule has 2 heterocycles. The van der Waals surface area contributed by atoms with Gasteiger partial charge in [0.1, 0.15) is 11.8 Å². The number of likely N-dealkylation sites (N-methyl/N-ethyl adjacent to an activating group) is 1. The molecule has 41 heavy (non-hydrogen) atoms. The molecule has 218 valence electrons. The highest BCUT2D eigenvalue weighted by atomic mass is 32.1. The summed E-state index contributed by atoms with van der Waals surface area (Å²) in [7, 11) is 3.05. The number of nitrogens with zero attached hydrogens (tertiary/aromatic N) is 3. The predicted molar refractivity (Wildman–Crippen MR) is 154 cm³/mol. The number of phenolic OH excluding ortho intramolecular Hbond substituents is 1. The largest absolute Gasteiger partial charge is 0.508 e. The SMILES string of the molecule is Cc1nc(NCCCc2cccc(O)c2)nc(C)c1C(=O)N[C@@H](CNC(=O)c1cccs1)C(=O)OCC(=O)N(C)C. The lowest BCUT2D eigenvalue weighted by atomic mass is 10.1. The summed E-state index contributed by atoms with van der Waals surface area (Å²) < 4.78 is 5.11. The summed E-state index contributed by atoms with van der Waals surface area (Å²) in [5.41, 5.74) is 1.98. The van der Waals surface area contributed by atoms with Crippen LogP contribution in [0.2, 0.25) is 0 Å². The number of benzene rings is 1. The smallest absolute Gasteiger partial charge is 0.331 e. The summed E-state index contributed by atoms with van der Waals surface area (Å²) in [5, 5.41) is 19.7. The minimum absolute atomic E-state index is 0.182. The molecule has 1 atom stereocenters. The zero-order valence-electron chi connectivity index (χ0n) is 23.4. The van der Waals surface area contributed by atoms with Gasteiger partial charge in [-0.05, 0) is 55.8 Å². The zero-order valence-corrected chi connectivity index (χ0v) is 24.2. The van der Waals surface area contributed by atoms with Gasteiger partial charge in [0.25, 0.3) is 17.7 Å². The number of carbonyl (C=O) groups is 4. The number of amides is 3. The Morgan fingerprint density at radius 2 is 1.78 bits per heavy atom. The molecule has 0 saturated carbocycles. The summed E-state index contributed by atoms with van der Waals surface area (Å²) in [4.78, 5) is 60.9. The van der Waals surface area contributed by atoms with Gasteiger partial charge in [-0.15, -0.1) is 11.3 Å². The van der Waals surface area contributed by atoms with E-state index in [1.165, 1.54) is 30.3 Å². The fourth-order valence-corrected chi connectivity index (χ4v) is 4.44. The maximum absolute atomic E-state index is 13.3. The van der Waals surface area contributed by atoms with Crippen LogP contribution in [-0.4, -0.2) is 83.5 Å². The first-order valence-corrected chi connectivity index (χ1v) is 13.8. The van der Waals surface area contributed by atoms with Crippen molar-refractivity contribution in [2.24, 2.45) is 0 Å². The lowest BCUT2D eigenvalue weighted by molar-refractivity contribution is -0.152. The number of rotatable bonds is 13. The second-order valence-electron chi connectivity index (χ2n) is 9.40. The number of carbonyl (C=O) groups excluding carboxylic acids is 4. The van der Waals surface area contributed by atoms with Gasteiger partial charge in [-0.2, -0.15) is 0 Å². The van der Waals surface area contributed by atoms with E-state index in [0.29, 0.717) is 28.8 Å². The summed E-state index contributed by atoms with van der Waals surface area (Å²) in [6.45, 7) is 3.12. The lowest BCUT2D eigenvalue weighted by Gasteiger charge is -2.20. The number of aromatic hydroxyl groups is 1. The van der Waals surface area contributed by atoms with Gasteiger partial charge in [0.15, 0.2) is 6.61 Å². The van der Waals surface area contributed by atoms with E-state index in [-0.39, 0.29) is 17.9 Å². The molecule has 12 nitrogen and oxygen atoms in total. The van der Waals surface area contributed by atoms with Gasteiger partial charge in [-0.25, -0.2) is 14.8 Å². The van der Waals surface area contributed by atoms with Gasteiger partial charge in [0.2, 0.25) is 5.95 Å².